The van der Waals surface area contributed by atoms with Crippen LogP contribution in [0.4, 0.5) is 14.5 Å². The van der Waals surface area contributed by atoms with Gasteiger partial charge in [0.25, 0.3) is 5.56 Å². The van der Waals surface area contributed by atoms with E-state index in [1.165, 1.54) is 18.2 Å². The number of aromatic nitrogens is 3. The minimum atomic E-state index is -0.717. The van der Waals surface area contributed by atoms with Crippen LogP contribution < -0.4 is 10.9 Å². The SMILES string of the molecule is Cc1nn2c(=O)cc(CNc3ccc(C#N)cc3)nc2cc1-c1ccc(F)cc1F. The van der Waals surface area contributed by atoms with Crippen LogP contribution in [0.1, 0.15) is 17.0 Å². The van der Waals surface area contributed by atoms with E-state index in [9.17, 15) is 13.6 Å². The van der Waals surface area contributed by atoms with Crippen LogP contribution in [-0.2, 0) is 6.54 Å². The average molecular weight is 403 g/mol. The van der Waals surface area contributed by atoms with Gasteiger partial charge < -0.3 is 5.32 Å². The van der Waals surface area contributed by atoms with Crippen LogP contribution in [0.2, 0.25) is 0 Å². The van der Waals surface area contributed by atoms with E-state index >= 15 is 0 Å². The molecule has 0 spiro atoms. The van der Waals surface area contributed by atoms with Gasteiger partial charge in [-0.3, -0.25) is 4.79 Å². The summed E-state index contributed by atoms with van der Waals surface area (Å²) in [6.07, 6.45) is 0. The van der Waals surface area contributed by atoms with Crippen LogP contribution in [0.25, 0.3) is 16.8 Å². The largest absolute Gasteiger partial charge is 0.379 e. The topological polar surface area (TPSA) is 83.1 Å². The monoisotopic (exact) mass is 403 g/mol. The van der Waals surface area contributed by atoms with Crippen LogP contribution in [0.3, 0.4) is 0 Å². The number of hydrogen-bond acceptors (Lipinski definition) is 5. The number of aryl methyl sites for hydroxylation is 1. The fourth-order valence-corrected chi connectivity index (χ4v) is 3.10. The Hall–Kier alpha value is -4.12. The van der Waals surface area contributed by atoms with Crippen molar-refractivity contribution in [3.63, 3.8) is 0 Å². The van der Waals surface area contributed by atoms with Crippen LogP contribution in [0.15, 0.2) is 59.4 Å². The summed E-state index contributed by atoms with van der Waals surface area (Å²) < 4.78 is 28.6. The van der Waals surface area contributed by atoms with Crippen molar-refractivity contribution < 1.29 is 8.78 Å². The van der Waals surface area contributed by atoms with E-state index in [0.29, 0.717) is 22.5 Å². The number of nitrogens with one attached hydrogen (secondary N) is 1. The zero-order valence-corrected chi connectivity index (χ0v) is 15.9. The Labute approximate surface area is 170 Å². The van der Waals surface area contributed by atoms with E-state index in [2.05, 4.69) is 15.4 Å². The molecule has 4 aromatic rings. The summed E-state index contributed by atoms with van der Waals surface area (Å²) in [5, 5.41) is 16.2. The smallest absolute Gasteiger partial charge is 0.274 e. The van der Waals surface area contributed by atoms with Gasteiger partial charge in [0.05, 0.1) is 29.6 Å². The van der Waals surface area contributed by atoms with Gasteiger partial charge in [0.15, 0.2) is 5.65 Å². The highest BCUT2D eigenvalue weighted by Crippen LogP contribution is 2.26. The van der Waals surface area contributed by atoms with Gasteiger partial charge >= 0.3 is 0 Å². The Kier molecular flexibility index (Phi) is 4.94. The van der Waals surface area contributed by atoms with Crippen LogP contribution in [0.5, 0.6) is 0 Å². The number of fused-ring (bicyclic) bond motifs is 1. The highest BCUT2D eigenvalue weighted by atomic mass is 19.1. The lowest BCUT2D eigenvalue weighted by Gasteiger charge is -2.11. The molecule has 6 nitrogen and oxygen atoms in total. The first-order valence-corrected chi connectivity index (χ1v) is 9.04. The van der Waals surface area contributed by atoms with E-state index < -0.39 is 11.6 Å². The molecule has 0 unspecified atom stereocenters. The van der Waals surface area contributed by atoms with Gasteiger partial charge in [-0.15, -0.1) is 0 Å². The minimum Gasteiger partial charge on any atom is -0.379 e. The fraction of sp³-hybridized carbons (Fsp3) is 0.0909. The van der Waals surface area contributed by atoms with E-state index in [-0.39, 0.29) is 23.3 Å². The van der Waals surface area contributed by atoms with Crippen LogP contribution in [0, 0.1) is 29.9 Å². The molecule has 2 heterocycles. The molecule has 30 heavy (non-hydrogen) atoms. The van der Waals surface area contributed by atoms with Crippen molar-refractivity contribution in [1.29, 1.82) is 5.26 Å². The lowest BCUT2D eigenvalue weighted by molar-refractivity contribution is 0.585. The predicted octanol–water partition coefficient (Wildman–Crippen LogP) is 3.83. The number of nitriles is 1. The molecule has 1 N–H and O–H groups in total. The van der Waals surface area contributed by atoms with Crippen molar-refractivity contribution in [3.8, 4) is 17.2 Å². The summed E-state index contributed by atoms with van der Waals surface area (Å²) in [5.41, 5.74) is 2.70. The lowest BCUT2D eigenvalue weighted by atomic mass is 10.0. The van der Waals surface area contributed by atoms with Crippen molar-refractivity contribution in [3.05, 3.63) is 93.5 Å². The fourth-order valence-electron chi connectivity index (χ4n) is 3.10. The Morgan fingerprint density at radius 3 is 2.53 bits per heavy atom. The predicted molar refractivity (Wildman–Crippen MR) is 108 cm³/mol. The molecule has 2 aromatic carbocycles. The van der Waals surface area contributed by atoms with Crippen molar-refractivity contribution >= 4 is 11.3 Å². The van der Waals surface area contributed by atoms with Gasteiger partial charge in [-0.05, 0) is 49.4 Å². The first-order chi connectivity index (χ1) is 14.4. The van der Waals surface area contributed by atoms with Gasteiger partial charge in [0.1, 0.15) is 11.6 Å². The third kappa shape index (κ3) is 3.73. The standard InChI is InChI=1S/C22H15F2N5O/c1-13-19(18-7-4-15(23)8-20(18)24)10-21-27-17(9-22(30)29(21)28-13)12-26-16-5-2-14(11-25)3-6-16/h2-10,26H,12H2,1H3. The third-order valence-electron chi connectivity index (χ3n) is 4.60. The maximum atomic E-state index is 14.3. The summed E-state index contributed by atoms with van der Waals surface area (Å²) in [6, 6.07) is 15.2. The van der Waals surface area contributed by atoms with Gasteiger partial charge in [-0.25, -0.2) is 13.8 Å². The second-order valence-electron chi connectivity index (χ2n) is 6.67. The lowest BCUT2D eigenvalue weighted by Crippen LogP contribution is -2.20. The van der Waals surface area contributed by atoms with E-state index in [0.717, 1.165) is 16.3 Å². The van der Waals surface area contributed by atoms with Gasteiger partial charge in [0, 0.05) is 28.9 Å². The normalized spacial score (nSPS) is 10.7. The maximum absolute atomic E-state index is 14.3. The molecule has 148 valence electrons. The molecule has 0 bridgehead atoms. The van der Waals surface area contributed by atoms with Gasteiger partial charge in [0.2, 0.25) is 0 Å². The van der Waals surface area contributed by atoms with E-state index in [1.807, 2.05) is 6.07 Å². The molecule has 0 amide bonds. The summed E-state index contributed by atoms with van der Waals surface area (Å²) in [4.78, 5) is 16.9. The summed E-state index contributed by atoms with van der Waals surface area (Å²) >= 11 is 0. The zero-order chi connectivity index (χ0) is 21.3. The second kappa shape index (κ2) is 7.72. The maximum Gasteiger partial charge on any atom is 0.274 e. The molecule has 0 aliphatic carbocycles. The van der Waals surface area contributed by atoms with Crippen LogP contribution in [-0.4, -0.2) is 14.6 Å². The molecule has 0 radical (unpaired) electrons. The molecule has 0 atom stereocenters. The quantitative estimate of drug-likeness (QED) is 0.560. The second-order valence-corrected chi connectivity index (χ2v) is 6.67. The summed E-state index contributed by atoms with van der Waals surface area (Å²) in [7, 11) is 0. The van der Waals surface area contributed by atoms with E-state index in [1.54, 1.807) is 37.3 Å². The van der Waals surface area contributed by atoms with Crippen molar-refractivity contribution in [2.75, 3.05) is 5.32 Å². The molecule has 8 heteroatoms. The highest BCUT2D eigenvalue weighted by Gasteiger charge is 2.13. The number of benzene rings is 2. The number of hydrogen-bond donors (Lipinski definition) is 1. The molecule has 0 aliphatic rings. The van der Waals surface area contributed by atoms with Crippen molar-refractivity contribution in [2.45, 2.75) is 13.5 Å². The Morgan fingerprint density at radius 2 is 1.83 bits per heavy atom. The number of rotatable bonds is 4. The Balaban J connectivity index is 1.70. The molecule has 0 aliphatic heterocycles. The highest BCUT2D eigenvalue weighted by molar-refractivity contribution is 5.69. The molecule has 0 saturated heterocycles. The summed E-state index contributed by atoms with van der Waals surface area (Å²) in [5.74, 6) is -1.39. The first-order valence-electron chi connectivity index (χ1n) is 9.04. The van der Waals surface area contributed by atoms with Gasteiger partial charge in [-0.1, -0.05) is 0 Å². The van der Waals surface area contributed by atoms with Gasteiger partial charge in [-0.2, -0.15) is 14.9 Å². The van der Waals surface area contributed by atoms with Crippen LogP contribution >= 0.6 is 0 Å². The zero-order valence-electron chi connectivity index (χ0n) is 15.9. The Bertz CT molecular complexity index is 1360. The molecule has 0 fully saturated rings. The number of halogens is 2. The minimum absolute atomic E-state index is 0.180. The van der Waals surface area contributed by atoms with Crippen molar-refractivity contribution in [1.82, 2.24) is 14.6 Å². The molecule has 4 rings (SSSR count). The number of nitrogens with zero attached hydrogens (tertiary/aromatic N) is 4. The first kappa shape index (κ1) is 19.2. The average Bonchev–Trinajstić information content (AvgIpc) is 2.73. The number of anilines is 1. The molecular formula is C22H15F2N5O. The summed E-state index contributed by atoms with van der Waals surface area (Å²) in [6.45, 7) is 1.91. The molecule has 2 aromatic heterocycles. The Morgan fingerprint density at radius 1 is 1.07 bits per heavy atom. The molecular weight excluding hydrogens is 388 g/mol. The van der Waals surface area contributed by atoms with Crippen molar-refractivity contribution in [2.24, 2.45) is 0 Å². The third-order valence-corrected chi connectivity index (χ3v) is 4.60. The van der Waals surface area contributed by atoms with E-state index in [4.69, 9.17) is 5.26 Å². The molecule has 0 saturated carbocycles.